The normalized spacial score (nSPS) is 16.7. The number of para-hydroxylation sites is 1. The molecule has 0 bridgehead atoms. The van der Waals surface area contributed by atoms with Gasteiger partial charge in [-0.1, -0.05) is 18.2 Å². The minimum atomic E-state index is -0.917. The second-order valence-electron chi connectivity index (χ2n) is 5.61. The number of benzene rings is 1. The minimum Gasteiger partial charge on any atom is -0.467 e. The maximum absolute atomic E-state index is 12.2. The molecule has 1 aromatic heterocycles. The molecule has 1 saturated heterocycles. The van der Waals surface area contributed by atoms with Gasteiger partial charge >= 0.3 is 5.97 Å². The number of fused-ring (bicyclic) bond motifs is 1. The fourth-order valence-electron chi connectivity index (χ4n) is 3.04. The number of rotatable bonds is 4. The Bertz CT molecular complexity index is 749. The molecule has 1 atom stereocenters. The summed E-state index contributed by atoms with van der Waals surface area (Å²) in [6.07, 6.45) is 3.16. The molecule has 1 aliphatic heterocycles. The molecule has 1 unspecified atom stereocenters. The first-order valence-electron chi connectivity index (χ1n) is 7.59. The van der Waals surface area contributed by atoms with Crippen LogP contribution >= 0.6 is 0 Å². The zero-order chi connectivity index (χ0) is 16.4. The number of ether oxygens (including phenoxy) is 1. The molecule has 1 aliphatic rings. The van der Waals surface area contributed by atoms with Crippen molar-refractivity contribution in [2.24, 2.45) is 0 Å². The van der Waals surface area contributed by atoms with Crippen LogP contribution in [0.15, 0.2) is 30.5 Å². The third-order valence-electron chi connectivity index (χ3n) is 4.19. The molecule has 1 aromatic carbocycles. The van der Waals surface area contributed by atoms with Gasteiger partial charge in [0.2, 0.25) is 11.8 Å². The van der Waals surface area contributed by atoms with E-state index < -0.39 is 12.0 Å². The van der Waals surface area contributed by atoms with E-state index in [-0.39, 0.29) is 31.1 Å². The number of carbonyl (C=O) groups is 3. The molecular formula is C17H18N2O4. The second-order valence-corrected chi connectivity index (χ2v) is 5.61. The number of carbonyl (C=O) groups excluding carboxylic acids is 3. The highest BCUT2D eigenvalue weighted by atomic mass is 16.5. The average molecular weight is 314 g/mol. The first-order valence-corrected chi connectivity index (χ1v) is 7.59. The number of H-pyrrole nitrogens is 1. The summed E-state index contributed by atoms with van der Waals surface area (Å²) < 4.78 is 4.83. The molecule has 120 valence electrons. The highest BCUT2D eigenvalue weighted by Crippen LogP contribution is 2.23. The number of hydrogen-bond acceptors (Lipinski definition) is 4. The molecule has 1 N–H and O–H groups in total. The van der Waals surface area contributed by atoms with E-state index in [4.69, 9.17) is 4.74 Å². The SMILES string of the molecule is COC(=O)C(Cc1c[nH]c2ccccc12)N1C(=O)CCCC1=O. The number of imide groups is 1. The molecule has 2 aromatic rings. The Balaban J connectivity index is 1.95. The Morgan fingerprint density at radius 2 is 1.96 bits per heavy atom. The Morgan fingerprint density at radius 1 is 1.26 bits per heavy atom. The summed E-state index contributed by atoms with van der Waals surface area (Å²) in [5, 5.41) is 0.971. The average Bonchev–Trinajstić information content (AvgIpc) is 2.96. The van der Waals surface area contributed by atoms with Crippen molar-refractivity contribution in [1.29, 1.82) is 0 Å². The van der Waals surface area contributed by atoms with Gasteiger partial charge in [-0.15, -0.1) is 0 Å². The van der Waals surface area contributed by atoms with Crippen LogP contribution in [0.4, 0.5) is 0 Å². The van der Waals surface area contributed by atoms with Gasteiger partial charge in [-0.05, 0) is 18.1 Å². The lowest BCUT2D eigenvalue weighted by Gasteiger charge is -2.31. The predicted molar refractivity (Wildman–Crippen MR) is 83.5 cm³/mol. The summed E-state index contributed by atoms with van der Waals surface area (Å²) in [6.45, 7) is 0. The monoisotopic (exact) mass is 314 g/mol. The fraction of sp³-hybridized carbons (Fsp3) is 0.353. The Kier molecular flexibility index (Phi) is 4.14. The molecule has 0 spiro atoms. The van der Waals surface area contributed by atoms with Gasteiger partial charge in [0, 0.05) is 36.4 Å². The number of hydrogen-bond donors (Lipinski definition) is 1. The lowest BCUT2D eigenvalue weighted by atomic mass is 10.0. The highest BCUT2D eigenvalue weighted by molar-refractivity contribution is 6.01. The summed E-state index contributed by atoms with van der Waals surface area (Å²) in [6, 6.07) is 6.78. The largest absolute Gasteiger partial charge is 0.467 e. The lowest BCUT2D eigenvalue weighted by molar-refractivity contribution is -0.161. The van der Waals surface area contributed by atoms with Crippen molar-refractivity contribution in [3.05, 3.63) is 36.0 Å². The Morgan fingerprint density at radius 3 is 2.65 bits per heavy atom. The fourth-order valence-corrected chi connectivity index (χ4v) is 3.04. The van der Waals surface area contributed by atoms with Crippen molar-refractivity contribution in [1.82, 2.24) is 9.88 Å². The van der Waals surface area contributed by atoms with Crippen molar-refractivity contribution >= 4 is 28.7 Å². The van der Waals surface area contributed by atoms with Crippen molar-refractivity contribution in [2.45, 2.75) is 31.7 Å². The first-order chi connectivity index (χ1) is 11.1. The number of nitrogens with zero attached hydrogens (tertiary/aromatic N) is 1. The van der Waals surface area contributed by atoms with Gasteiger partial charge in [0.05, 0.1) is 7.11 Å². The maximum Gasteiger partial charge on any atom is 0.329 e. The standard InChI is InChI=1S/C17H18N2O4/c1-23-17(22)14(19-15(20)7-4-8-16(19)21)9-11-10-18-13-6-3-2-5-12(11)13/h2-3,5-6,10,14,18H,4,7-9H2,1H3. The molecule has 2 amide bonds. The summed E-state index contributed by atoms with van der Waals surface area (Å²) in [7, 11) is 1.27. The topological polar surface area (TPSA) is 79.5 Å². The van der Waals surface area contributed by atoms with Crippen LogP contribution in [0.3, 0.4) is 0 Å². The van der Waals surface area contributed by atoms with E-state index in [1.165, 1.54) is 7.11 Å². The van der Waals surface area contributed by atoms with Crippen molar-refractivity contribution in [3.63, 3.8) is 0 Å². The number of methoxy groups -OCH3 is 1. The lowest BCUT2D eigenvalue weighted by Crippen LogP contribution is -2.51. The first kappa shape index (κ1) is 15.3. The van der Waals surface area contributed by atoms with Gasteiger partial charge in [0.1, 0.15) is 6.04 Å². The van der Waals surface area contributed by atoms with Crippen LogP contribution in [0, 0.1) is 0 Å². The maximum atomic E-state index is 12.2. The van der Waals surface area contributed by atoms with E-state index >= 15 is 0 Å². The minimum absolute atomic E-state index is 0.244. The molecule has 6 heteroatoms. The van der Waals surface area contributed by atoms with E-state index in [2.05, 4.69) is 4.98 Å². The summed E-state index contributed by atoms with van der Waals surface area (Å²) in [5.74, 6) is -1.19. The smallest absolute Gasteiger partial charge is 0.329 e. The molecule has 0 saturated carbocycles. The van der Waals surface area contributed by atoms with Gasteiger partial charge < -0.3 is 9.72 Å². The number of likely N-dealkylation sites (tertiary alicyclic amines) is 1. The molecule has 0 aliphatic carbocycles. The van der Waals surface area contributed by atoms with E-state index in [1.807, 2.05) is 24.3 Å². The third kappa shape index (κ3) is 2.84. The Hall–Kier alpha value is -2.63. The summed E-state index contributed by atoms with van der Waals surface area (Å²) in [4.78, 5) is 40.7. The highest BCUT2D eigenvalue weighted by Gasteiger charge is 2.37. The van der Waals surface area contributed by atoms with Crippen LogP contribution in [-0.4, -0.2) is 40.8 Å². The molecule has 23 heavy (non-hydrogen) atoms. The zero-order valence-corrected chi connectivity index (χ0v) is 12.9. The van der Waals surface area contributed by atoms with Crippen molar-refractivity contribution in [2.75, 3.05) is 7.11 Å². The van der Waals surface area contributed by atoms with Gasteiger partial charge in [0.25, 0.3) is 0 Å². The number of nitrogens with one attached hydrogen (secondary N) is 1. The third-order valence-corrected chi connectivity index (χ3v) is 4.19. The van der Waals surface area contributed by atoms with Crippen LogP contribution in [0.5, 0.6) is 0 Å². The molecule has 0 radical (unpaired) electrons. The van der Waals surface area contributed by atoms with Crippen LogP contribution in [-0.2, 0) is 25.5 Å². The zero-order valence-electron chi connectivity index (χ0n) is 12.9. The number of aromatic amines is 1. The van der Waals surface area contributed by atoms with Gasteiger partial charge in [-0.25, -0.2) is 4.79 Å². The second kappa shape index (κ2) is 6.24. The molecule has 1 fully saturated rings. The number of piperidine rings is 1. The van der Waals surface area contributed by atoms with Crippen LogP contribution < -0.4 is 0 Å². The van der Waals surface area contributed by atoms with E-state index in [0.29, 0.717) is 6.42 Å². The van der Waals surface area contributed by atoms with Crippen LogP contribution in [0.1, 0.15) is 24.8 Å². The van der Waals surface area contributed by atoms with Gasteiger partial charge in [-0.3, -0.25) is 14.5 Å². The predicted octanol–water partition coefficient (Wildman–Crippen LogP) is 1.79. The Labute approximate surface area is 133 Å². The summed E-state index contributed by atoms with van der Waals surface area (Å²) >= 11 is 0. The molecular weight excluding hydrogens is 296 g/mol. The van der Waals surface area contributed by atoms with Crippen molar-refractivity contribution in [3.8, 4) is 0 Å². The van der Waals surface area contributed by atoms with E-state index in [0.717, 1.165) is 21.4 Å². The molecule has 6 nitrogen and oxygen atoms in total. The summed E-state index contributed by atoms with van der Waals surface area (Å²) in [5.41, 5.74) is 1.82. The van der Waals surface area contributed by atoms with Crippen molar-refractivity contribution < 1.29 is 19.1 Å². The van der Waals surface area contributed by atoms with Crippen LogP contribution in [0.2, 0.25) is 0 Å². The number of esters is 1. The molecule has 3 rings (SSSR count). The van der Waals surface area contributed by atoms with E-state index in [9.17, 15) is 14.4 Å². The van der Waals surface area contributed by atoms with Gasteiger partial charge in [0.15, 0.2) is 0 Å². The van der Waals surface area contributed by atoms with Crippen LogP contribution in [0.25, 0.3) is 10.9 Å². The number of aromatic nitrogens is 1. The van der Waals surface area contributed by atoms with E-state index in [1.54, 1.807) is 6.20 Å². The van der Waals surface area contributed by atoms with Gasteiger partial charge in [-0.2, -0.15) is 0 Å². The quantitative estimate of drug-likeness (QED) is 0.689. The number of amides is 2. The molecule has 2 heterocycles.